The molecule has 11 heavy (non-hydrogen) atoms. The number of nitrogens with zero attached hydrogens (tertiary/aromatic N) is 2. The Morgan fingerprint density at radius 2 is 2.00 bits per heavy atom. The first kappa shape index (κ1) is 8.18. The summed E-state index contributed by atoms with van der Waals surface area (Å²) in [7, 11) is 0. The number of hydrogen-bond acceptors (Lipinski definition) is 2. The monoisotopic (exact) mass is 150 g/mol. The molecule has 2 heteroatoms. The smallest absolute Gasteiger partial charge is 0.128 e. The summed E-state index contributed by atoms with van der Waals surface area (Å²) in [5.74, 6) is 0.951. The van der Waals surface area contributed by atoms with Crippen LogP contribution in [-0.4, -0.2) is 9.97 Å². The van der Waals surface area contributed by atoms with E-state index >= 15 is 0 Å². The second kappa shape index (κ2) is 3.46. The zero-order valence-corrected chi connectivity index (χ0v) is 7.39. The average Bonchev–Trinajstić information content (AvgIpc) is 2.05. The Bertz CT molecular complexity index is 243. The highest BCUT2D eigenvalue weighted by molar-refractivity contribution is 5.15. The fourth-order valence-electron chi connectivity index (χ4n) is 1.05. The van der Waals surface area contributed by atoms with Gasteiger partial charge in [0.2, 0.25) is 0 Å². The maximum atomic E-state index is 4.40. The molecule has 0 N–H and O–H groups in total. The van der Waals surface area contributed by atoms with Gasteiger partial charge in [-0.25, -0.2) is 9.97 Å². The lowest BCUT2D eigenvalue weighted by molar-refractivity contribution is 0.872. The number of aromatic nitrogens is 2. The topological polar surface area (TPSA) is 25.8 Å². The van der Waals surface area contributed by atoms with Gasteiger partial charge in [0, 0.05) is 18.3 Å². The second-order valence-corrected chi connectivity index (χ2v) is 2.62. The first-order valence-electron chi connectivity index (χ1n) is 4.09. The van der Waals surface area contributed by atoms with E-state index < -0.39 is 0 Å². The van der Waals surface area contributed by atoms with Gasteiger partial charge in [-0.2, -0.15) is 0 Å². The van der Waals surface area contributed by atoms with Crippen LogP contribution in [0.5, 0.6) is 0 Å². The second-order valence-electron chi connectivity index (χ2n) is 2.62. The third-order valence-electron chi connectivity index (χ3n) is 1.78. The predicted octanol–water partition coefficient (Wildman–Crippen LogP) is 1.91. The van der Waals surface area contributed by atoms with E-state index in [1.165, 1.54) is 11.3 Å². The molecule has 0 atom stereocenters. The largest absolute Gasteiger partial charge is 0.241 e. The maximum Gasteiger partial charge on any atom is 0.128 e. The molecule has 0 bridgehead atoms. The molecule has 0 unspecified atom stereocenters. The van der Waals surface area contributed by atoms with Crippen molar-refractivity contribution in [3.8, 4) is 0 Å². The minimum atomic E-state index is 0.924. The number of rotatable bonds is 2. The molecular formula is C9H14N2. The SMILES string of the molecule is CCc1ncc(C)c(CC)n1. The van der Waals surface area contributed by atoms with Crippen LogP contribution in [0.2, 0.25) is 0 Å². The van der Waals surface area contributed by atoms with Crippen molar-refractivity contribution in [2.75, 3.05) is 0 Å². The molecule has 0 aromatic carbocycles. The van der Waals surface area contributed by atoms with Gasteiger partial charge in [-0.15, -0.1) is 0 Å². The van der Waals surface area contributed by atoms with E-state index in [2.05, 4.69) is 30.7 Å². The van der Waals surface area contributed by atoms with Crippen molar-refractivity contribution >= 4 is 0 Å². The fourth-order valence-corrected chi connectivity index (χ4v) is 1.05. The van der Waals surface area contributed by atoms with E-state index in [0.29, 0.717) is 0 Å². The van der Waals surface area contributed by atoms with Crippen molar-refractivity contribution < 1.29 is 0 Å². The van der Waals surface area contributed by atoms with E-state index in [4.69, 9.17) is 0 Å². The van der Waals surface area contributed by atoms with Crippen molar-refractivity contribution in [3.63, 3.8) is 0 Å². The first-order chi connectivity index (χ1) is 5.27. The summed E-state index contributed by atoms with van der Waals surface area (Å²) < 4.78 is 0. The van der Waals surface area contributed by atoms with Gasteiger partial charge < -0.3 is 0 Å². The van der Waals surface area contributed by atoms with E-state index in [-0.39, 0.29) is 0 Å². The minimum Gasteiger partial charge on any atom is -0.241 e. The molecule has 0 amide bonds. The Hall–Kier alpha value is -0.920. The molecule has 1 aromatic rings. The predicted molar refractivity (Wildman–Crippen MR) is 45.5 cm³/mol. The summed E-state index contributed by atoms with van der Waals surface area (Å²) in [6.07, 6.45) is 3.83. The van der Waals surface area contributed by atoms with Crippen LogP contribution in [-0.2, 0) is 12.8 Å². The third-order valence-corrected chi connectivity index (χ3v) is 1.78. The zero-order chi connectivity index (χ0) is 8.27. The van der Waals surface area contributed by atoms with Crippen LogP contribution in [0.15, 0.2) is 6.20 Å². The van der Waals surface area contributed by atoms with E-state index in [0.717, 1.165) is 18.7 Å². The molecule has 0 aliphatic heterocycles. The van der Waals surface area contributed by atoms with Gasteiger partial charge in [0.15, 0.2) is 0 Å². The minimum absolute atomic E-state index is 0.924. The molecule has 1 heterocycles. The molecule has 0 aliphatic carbocycles. The van der Waals surface area contributed by atoms with E-state index in [1.807, 2.05) is 6.20 Å². The lowest BCUT2D eigenvalue weighted by atomic mass is 10.2. The summed E-state index contributed by atoms with van der Waals surface area (Å²) in [4.78, 5) is 8.59. The number of aryl methyl sites for hydroxylation is 3. The van der Waals surface area contributed by atoms with Crippen LogP contribution in [0.3, 0.4) is 0 Å². The van der Waals surface area contributed by atoms with Gasteiger partial charge in [-0.05, 0) is 18.9 Å². The van der Waals surface area contributed by atoms with Gasteiger partial charge in [-0.1, -0.05) is 13.8 Å². The molecule has 0 fully saturated rings. The highest BCUT2D eigenvalue weighted by Crippen LogP contribution is 2.04. The van der Waals surface area contributed by atoms with Crippen LogP contribution in [0.4, 0.5) is 0 Å². The Labute approximate surface area is 67.7 Å². The lowest BCUT2D eigenvalue weighted by Gasteiger charge is -2.02. The van der Waals surface area contributed by atoms with Crippen LogP contribution in [0.1, 0.15) is 30.9 Å². The quantitative estimate of drug-likeness (QED) is 0.643. The first-order valence-corrected chi connectivity index (χ1v) is 4.09. The lowest BCUT2D eigenvalue weighted by Crippen LogP contribution is -1.99. The Morgan fingerprint density at radius 1 is 1.27 bits per heavy atom. The summed E-state index contributed by atoms with van der Waals surface area (Å²) in [6, 6.07) is 0. The van der Waals surface area contributed by atoms with Gasteiger partial charge >= 0.3 is 0 Å². The van der Waals surface area contributed by atoms with Crippen LogP contribution < -0.4 is 0 Å². The third kappa shape index (κ3) is 1.76. The molecule has 1 aromatic heterocycles. The van der Waals surface area contributed by atoms with E-state index in [9.17, 15) is 0 Å². The number of hydrogen-bond donors (Lipinski definition) is 0. The molecule has 2 nitrogen and oxygen atoms in total. The normalized spacial score (nSPS) is 10.1. The van der Waals surface area contributed by atoms with E-state index in [1.54, 1.807) is 0 Å². The van der Waals surface area contributed by atoms with Crippen molar-refractivity contribution in [1.29, 1.82) is 0 Å². The van der Waals surface area contributed by atoms with Crippen molar-refractivity contribution in [2.45, 2.75) is 33.6 Å². The van der Waals surface area contributed by atoms with Gasteiger partial charge in [0.25, 0.3) is 0 Å². The molecule has 1 rings (SSSR count). The van der Waals surface area contributed by atoms with Crippen molar-refractivity contribution in [2.24, 2.45) is 0 Å². The molecule has 0 spiro atoms. The fraction of sp³-hybridized carbons (Fsp3) is 0.556. The Morgan fingerprint density at radius 3 is 2.55 bits per heavy atom. The van der Waals surface area contributed by atoms with Crippen molar-refractivity contribution in [3.05, 3.63) is 23.3 Å². The van der Waals surface area contributed by atoms with Crippen LogP contribution in [0, 0.1) is 6.92 Å². The molecule has 0 saturated heterocycles. The highest BCUT2D eigenvalue weighted by atomic mass is 14.9. The summed E-state index contributed by atoms with van der Waals surface area (Å²) >= 11 is 0. The average molecular weight is 150 g/mol. The van der Waals surface area contributed by atoms with Gasteiger partial charge in [-0.3, -0.25) is 0 Å². The standard InChI is InChI=1S/C9H14N2/c1-4-8-7(3)6-10-9(5-2)11-8/h6H,4-5H2,1-3H3. The summed E-state index contributed by atoms with van der Waals surface area (Å²) in [6.45, 7) is 6.25. The summed E-state index contributed by atoms with van der Waals surface area (Å²) in [5.41, 5.74) is 2.38. The molecule has 0 saturated carbocycles. The summed E-state index contributed by atoms with van der Waals surface area (Å²) in [5, 5.41) is 0. The molecule has 0 radical (unpaired) electrons. The Kier molecular flexibility index (Phi) is 2.58. The van der Waals surface area contributed by atoms with Crippen molar-refractivity contribution in [1.82, 2.24) is 9.97 Å². The van der Waals surface area contributed by atoms with Gasteiger partial charge in [0.1, 0.15) is 5.82 Å². The maximum absolute atomic E-state index is 4.40. The van der Waals surface area contributed by atoms with Gasteiger partial charge in [0.05, 0.1) is 0 Å². The highest BCUT2D eigenvalue weighted by Gasteiger charge is 1.98. The molecule has 0 aliphatic rings. The zero-order valence-electron chi connectivity index (χ0n) is 7.39. The molecule has 60 valence electrons. The molecular weight excluding hydrogens is 136 g/mol. The van der Waals surface area contributed by atoms with Crippen LogP contribution >= 0.6 is 0 Å². The Balaban J connectivity index is 3.02. The van der Waals surface area contributed by atoms with Crippen LogP contribution in [0.25, 0.3) is 0 Å².